The summed E-state index contributed by atoms with van der Waals surface area (Å²) in [5, 5.41) is 3.81. The summed E-state index contributed by atoms with van der Waals surface area (Å²) in [7, 11) is 0. The van der Waals surface area contributed by atoms with Crippen molar-refractivity contribution in [2.75, 3.05) is 0 Å². The molecule has 1 atom stereocenters. The van der Waals surface area contributed by atoms with Gasteiger partial charge in [0.15, 0.2) is 0 Å². The fraction of sp³-hybridized carbons (Fsp3) is 0.667. The average molecular weight is 257 g/mol. The Hall–Kier alpha value is -0.820. The van der Waals surface area contributed by atoms with Crippen molar-refractivity contribution in [3.05, 3.63) is 35.4 Å². The maximum absolute atomic E-state index is 3.81. The van der Waals surface area contributed by atoms with Gasteiger partial charge in [0.05, 0.1) is 0 Å². The lowest BCUT2D eigenvalue weighted by Gasteiger charge is -2.39. The van der Waals surface area contributed by atoms with Gasteiger partial charge in [-0.05, 0) is 48.1 Å². The zero-order valence-corrected chi connectivity index (χ0v) is 12.4. The predicted molar refractivity (Wildman–Crippen MR) is 81.3 cm³/mol. The van der Waals surface area contributed by atoms with Crippen LogP contribution in [0.25, 0.3) is 0 Å². The Labute approximate surface area is 117 Å². The molecule has 1 nitrogen and oxygen atoms in total. The lowest BCUT2D eigenvalue weighted by Crippen LogP contribution is -2.43. The molecule has 2 fully saturated rings. The smallest absolute Gasteiger partial charge is 0.0208 e. The molecule has 1 N–H and O–H groups in total. The molecule has 1 unspecified atom stereocenters. The van der Waals surface area contributed by atoms with E-state index in [-0.39, 0.29) is 0 Å². The molecule has 1 heteroatoms. The number of hydrogen-bond acceptors (Lipinski definition) is 1. The van der Waals surface area contributed by atoms with E-state index in [9.17, 15) is 0 Å². The van der Waals surface area contributed by atoms with Crippen LogP contribution in [0.15, 0.2) is 24.3 Å². The van der Waals surface area contributed by atoms with E-state index in [1.165, 1.54) is 44.1 Å². The van der Waals surface area contributed by atoms with Gasteiger partial charge in [-0.1, -0.05) is 51.0 Å². The molecular formula is C18H27N. The Morgan fingerprint density at radius 3 is 2.74 bits per heavy atom. The van der Waals surface area contributed by atoms with E-state index in [2.05, 4.69) is 43.4 Å². The topological polar surface area (TPSA) is 12.0 Å². The van der Waals surface area contributed by atoms with Crippen molar-refractivity contribution in [3.8, 4) is 0 Å². The average Bonchev–Trinajstić information content (AvgIpc) is 3.22. The third-order valence-electron chi connectivity index (χ3n) is 5.06. The molecule has 19 heavy (non-hydrogen) atoms. The molecule has 0 bridgehead atoms. The summed E-state index contributed by atoms with van der Waals surface area (Å²) in [4.78, 5) is 0. The van der Waals surface area contributed by atoms with E-state index >= 15 is 0 Å². The van der Waals surface area contributed by atoms with E-state index in [4.69, 9.17) is 0 Å². The van der Waals surface area contributed by atoms with E-state index in [0.29, 0.717) is 11.5 Å². The van der Waals surface area contributed by atoms with Crippen molar-refractivity contribution in [2.24, 2.45) is 5.41 Å². The van der Waals surface area contributed by atoms with Crippen molar-refractivity contribution in [1.29, 1.82) is 0 Å². The van der Waals surface area contributed by atoms with Crippen LogP contribution >= 0.6 is 0 Å². The molecule has 104 valence electrons. The molecule has 0 spiro atoms. The van der Waals surface area contributed by atoms with Crippen molar-refractivity contribution in [3.63, 3.8) is 0 Å². The largest absolute Gasteiger partial charge is 0.309 e. The van der Waals surface area contributed by atoms with E-state index in [0.717, 1.165) is 12.5 Å². The van der Waals surface area contributed by atoms with Crippen LogP contribution in [0.3, 0.4) is 0 Å². The van der Waals surface area contributed by atoms with Crippen molar-refractivity contribution < 1.29 is 0 Å². The molecular weight excluding hydrogens is 230 g/mol. The second kappa shape index (κ2) is 5.28. The molecule has 0 radical (unpaired) electrons. The number of benzene rings is 1. The standard InChI is InChI=1S/C18H27N/c1-18(2)11-4-3-8-17(18)19-13-14-6-5-7-16(12-14)15-9-10-15/h5-7,12,15,17,19H,3-4,8-11,13H2,1-2H3. The molecule has 0 aliphatic heterocycles. The summed E-state index contributed by atoms with van der Waals surface area (Å²) in [6, 6.07) is 9.91. The second-order valence-corrected chi connectivity index (χ2v) is 7.19. The Morgan fingerprint density at radius 2 is 2.00 bits per heavy atom. The zero-order chi connectivity index (χ0) is 13.3. The van der Waals surface area contributed by atoms with Crippen molar-refractivity contribution in [2.45, 2.75) is 70.9 Å². The molecule has 0 amide bonds. The van der Waals surface area contributed by atoms with Gasteiger partial charge in [0.25, 0.3) is 0 Å². The SMILES string of the molecule is CC1(C)CCCCC1NCc1cccc(C2CC2)c1. The minimum Gasteiger partial charge on any atom is -0.309 e. The fourth-order valence-electron chi connectivity index (χ4n) is 3.49. The third kappa shape index (κ3) is 3.20. The van der Waals surface area contributed by atoms with Gasteiger partial charge in [-0.15, -0.1) is 0 Å². The van der Waals surface area contributed by atoms with Crippen LogP contribution in [0.5, 0.6) is 0 Å². The highest BCUT2D eigenvalue weighted by Crippen LogP contribution is 2.40. The first-order chi connectivity index (χ1) is 9.15. The van der Waals surface area contributed by atoms with Crippen LogP contribution in [0.1, 0.15) is 69.4 Å². The molecule has 1 aromatic carbocycles. The van der Waals surface area contributed by atoms with E-state index < -0.39 is 0 Å². The molecule has 0 saturated heterocycles. The van der Waals surface area contributed by atoms with Gasteiger partial charge in [0, 0.05) is 12.6 Å². The Kier molecular flexibility index (Phi) is 3.66. The molecule has 3 rings (SSSR count). The maximum atomic E-state index is 3.81. The van der Waals surface area contributed by atoms with E-state index in [1.54, 1.807) is 5.56 Å². The van der Waals surface area contributed by atoms with Gasteiger partial charge in [-0.3, -0.25) is 0 Å². The lowest BCUT2D eigenvalue weighted by atomic mass is 9.73. The molecule has 0 heterocycles. The zero-order valence-electron chi connectivity index (χ0n) is 12.4. The van der Waals surface area contributed by atoms with Crippen LogP contribution in [0.2, 0.25) is 0 Å². The van der Waals surface area contributed by atoms with Gasteiger partial charge in [-0.2, -0.15) is 0 Å². The number of hydrogen-bond donors (Lipinski definition) is 1. The Morgan fingerprint density at radius 1 is 1.16 bits per heavy atom. The molecule has 0 aromatic heterocycles. The van der Waals surface area contributed by atoms with Gasteiger partial charge in [0.2, 0.25) is 0 Å². The summed E-state index contributed by atoms with van der Waals surface area (Å²) in [6.45, 7) is 5.88. The molecule has 2 aliphatic rings. The van der Waals surface area contributed by atoms with Crippen LogP contribution in [0, 0.1) is 5.41 Å². The Bertz CT molecular complexity index is 431. The highest BCUT2D eigenvalue weighted by Gasteiger charge is 2.31. The third-order valence-corrected chi connectivity index (χ3v) is 5.06. The van der Waals surface area contributed by atoms with E-state index in [1.807, 2.05) is 0 Å². The van der Waals surface area contributed by atoms with Gasteiger partial charge >= 0.3 is 0 Å². The minimum absolute atomic E-state index is 0.465. The summed E-state index contributed by atoms with van der Waals surface area (Å²) in [5.74, 6) is 0.867. The summed E-state index contributed by atoms with van der Waals surface area (Å²) in [6.07, 6.45) is 8.30. The number of rotatable bonds is 4. The monoisotopic (exact) mass is 257 g/mol. The summed E-state index contributed by atoms with van der Waals surface area (Å²) < 4.78 is 0. The first-order valence-electron chi connectivity index (χ1n) is 7.97. The summed E-state index contributed by atoms with van der Waals surface area (Å²) >= 11 is 0. The minimum atomic E-state index is 0.465. The highest BCUT2D eigenvalue weighted by molar-refractivity contribution is 5.29. The quantitative estimate of drug-likeness (QED) is 0.829. The number of nitrogens with one attached hydrogen (secondary N) is 1. The van der Waals surface area contributed by atoms with Crippen LogP contribution < -0.4 is 5.32 Å². The predicted octanol–water partition coefficient (Wildman–Crippen LogP) is 4.62. The van der Waals surface area contributed by atoms with Crippen molar-refractivity contribution >= 4 is 0 Å². The van der Waals surface area contributed by atoms with Crippen LogP contribution in [-0.4, -0.2) is 6.04 Å². The van der Waals surface area contributed by atoms with Gasteiger partial charge < -0.3 is 5.32 Å². The summed E-state index contributed by atoms with van der Waals surface area (Å²) in [5.41, 5.74) is 3.49. The molecule has 1 aromatic rings. The first-order valence-corrected chi connectivity index (χ1v) is 7.97. The Balaban J connectivity index is 1.60. The van der Waals surface area contributed by atoms with Gasteiger partial charge in [-0.25, -0.2) is 0 Å². The first kappa shape index (κ1) is 13.2. The van der Waals surface area contributed by atoms with Crippen LogP contribution in [-0.2, 0) is 6.54 Å². The second-order valence-electron chi connectivity index (χ2n) is 7.19. The van der Waals surface area contributed by atoms with Crippen LogP contribution in [0.4, 0.5) is 0 Å². The lowest BCUT2D eigenvalue weighted by molar-refractivity contribution is 0.167. The fourth-order valence-corrected chi connectivity index (χ4v) is 3.49. The van der Waals surface area contributed by atoms with Crippen molar-refractivity contribution in [1.82, 2.24) is 5.32 Å². The maximum Gasteiger partial charge on any atom is 0.0208 e. The van der Waals surface area contributed by atoms with Gasteiger partial charge in [0.1, 0.15) is 0 Å². The highest BCUT2D eigenvalue weighted by atomic mass is 14.9. The molecule has 2 saturated carbocycles. The normalized spacial score (nSPS) is 26.3. The molecule has 2 aliphatic carbocycles.